The SMILES string of the molecule is CC(=O)OC1(C)O[C@H](CO[Si](C)(C)C(C)(C)C)[C@H]2OC(C)(C)O[C@H]21. The van der Waals surface area contributed by atoms with Crippen LogP contribution in [-0.4, -0.2) is 50.8 Å². The van der Waals surface area contributed by atoms with Gasteiger partial charge in [-0.15, -0.1) is 0 Å². The maximum absolute atomic E-state index is 11.5. The number of carbonyl (C=O) groups excluding carboxylic acids is 1. The number of carbonyl (C=O) groups is 1. The Morgan fingerprint density at radius 1 is 1.12 bits per heavy atom. The first kappa shape index (κ1) is 19.8. The minimum absolute atomic E-state index is 0.108. The summed E-state index contributed by atoms with van der Waals surface area (Å²) in [5.74, 6) is -2.31. The summed E-state index contributed by atoms with van der Waals surface area (Å²) in [4.78, 5) is 11.5. The molecular weight excluding hydrogens is 328 g/mol. The van der Waals surface area contributed by atoms with Crippen LogP contribution in [0, 0.1) is 0 Å². The van der Waals surface area contributed by atoms with Crippen LogP contribution in [0.5, 0.6) is 0 Å². The molecule has 0 aromatic carbocycles. The lowest BCUT2D eigenvalue weighted by Gasteiger charge is -2.37. The van der Waals surface area contributed by atoms with E-state index < -0.39 is 32.0 Å². The molecule has 2 heterocycles. The highest BCUT2D eigenvalue weighted by atomic mass is 28.4. The third-order valence-corrected chi connectivity index (χ3v) is 9.66. The maximum Gasteiger partial charge on any atom is 0.305 e. The summed E-state index contributed by atoms with van der Waals surface area (Å²) in [6.07, 6.45) is -1.13. The van der Waals surface area contributed by atoms with Crippen molar-refractivity contribution in [1.29, 1.82) is 0 Å². The second kappa shape index (κ2) is 6.05. The lowest BCUT2D eigenvalue weighted by atomic mass is 10.1. The molecule has 4 atom stereocenters. The van der Waals surface area contributed by atoms with E-state index in [9.17, 15) is 4.79 Å². The normalized spacial score (nSPS) is 35.8. The van der Waals surface area contributed by atoms with Gasteiger partial charge in [0, 0.05) is 13.8 Å². The van der Waals surface area contributed by atoms with Gasteiger partial charge in [-0.1, -0.05) is 20.8 Å². The molecule has 0 saturated carbocycles. The number of rotatable bonds is 4. The van der Waals surface area contributed by atoms with Crippen molar-refractivity contribution < 1.29 is 28.2 Å². The Morgan fingerprint density at radius 3 is 2.21 bits per heavy atom. The van der Waals surface area contributed by atoms with Crippen LogP contribution in [0.15, 0.2) is 0 Å². The van der Waals surface area contributed by atoms with Crippen molar-refractivity contribution in [1.82, 2.24) is 0 Å². The Hall–Kier alpha value is -0.473. The van der Waals surface area contributed by atoms with Crippen molar-refractivity contribution in [3.8, 4) is 0 Å². The number of fused-ring (bicyclic) bond motifs is 1. The Labute approximate surface area is 146 Å². The first-order valence-corrected chi connectivity index (χ1v) is 11.4. The topological polar surface area (TPSA) is 63.2 Å². The summed E-state index contributed by atoms with van der Waals surface area (Å²) in [7, 11) is -1.91. The fraction of sp³-hybridized carbons (Fsp3) is 0.941. The second-order valence-corrected chi connectivity index (χ2v) is 13.7. The molecule has 0 spiro atoms. The summed E-state index contributed by atoms with van der Waals surface area (Å²) >= 11 is 0. The Kier molecular flexibility index (Phi) is 5.01. The zero-order chi connectivity index (χ0) is 18.6. The van der Waals surface area contributed by atoms with Crippen molar-refractivity contribution in [3.63, 3.8) is 0 Å². The van der Waals surface area contributed by atoms with E-state index in [2.05, 4.69) is 33.9 Å². The van der Waals surface area contributed by atoms with Gasteiger partial charge >= 0.3 is 5.97 Å². The van der Waals surface area contributed by atoms with Crippen molar-refractivity contribution >= 4 is 14.3 Å². The molecule has 0 aliphatic carbocycles. The van der Waals surface area contributed by atoms with Crippen LogP contribution in [0.2, 0.25) is 18.1 Å². The Morgan fingerprint density at radius 2 is 1.71 bits per heavy atom. The highest BCUT2D eigenvalue weighted by Gasteiger charge is 2.63. The maximum atomic E-state index is 11.5. The molecule has 0 aromatic rings. The summed E-state index contributed by atoms with van der Waals surface area (Å²) in [6.45, 7) is 18.2. The van der Waals surface area contributed by atoms with Crippen LogP contribution in [0.4, 0.5) is 0 Å². The molecule has 0 radical (unpaired) electrons. The molecule has 140 valence electrons. The fourth-order valence-corrected chi connectivity index (χ4v) is 3.92. The molecule has 2 fully saturated rings. The molecule has 2 saturated heterocycles. The van der Waals surface area contributed by atoms with Crippen molar-refractivity contribution in [2.24, 2.45) is 0 Å². The van der Waals surface area contributed by atoms with Gasteiger partial charge in [-0.05, 0) is 32.0 Å². The summed E-state index contributed by atoms with van der Waals surface area (Å²) in [5.41, 5.74) is 0. The molecule has 0 amide bonds. The molecule has 7 heteroatoms. The van der Waals surface area contributed by atoms with E-state index in [1.807, 2.05) is 13.8 Å². The van der Waals surface area contributed by atoms with Crippen molar-refractivity contribution in [3.05, 3.63) is 0 Å². The first-order valence-electron chi connectivity index (χ1n) is 8.54. The van der Waals surface area contributed by atoms with Crippen LogP contribution in [0.1, 0.15) is 48.5 Å². The smallest absolute Gasteiger partial charge is 0.305 e. The highest BCUT2D eigenvalue weighted by Crippen LogP contribution is 2.45. The lowest BCUT2D eigenvalue weighted by Crippen LogP contribution is -2.45. The van der Waals surface area contributed by atoms with E-state index in [0.29, 0.717) is 6.61 Å². The van der Waals surface area contributed by atoms with Gasteiger partial charge in [0.2, 0.25) is 5.79 Å². The van der Waals surface area contributed by atoms with Gasteiger partial charge in [-0.3, -0.25) is 4.79 Å². The average Bonchev–Trinajstić information content (AvgIpc) is 2.79. The van der Waals surface area contributed by atoms with E-state index in [1.54, 1.807) is 6.92 Å². The standard InChI is InChI=1S/C17H32O6Si/c1-11(18)20-17(7)14-13(22-16(5,6)23-14)12(21-17)10-19-24(8,9)15(2,3)4/h12-14H,10H2,1-9H3/t12-,13-,14-,17?/m1/s1. The molecule has 2 aliphatic rings. The van der Waals surface area contributed by atoms with Gasteiger partial charge in [0.05, 0.1) is 6.61 Å². The van der Waals surface area contributed by atoms with E-state index in [-0.39, 0.29) is 17.2 Å². The van der Waals surface area contributed by atoms with E-state index in [4.69, 9.17) is 23.4 Å². The summed E-state index contributed by atoms with van der Waals surface area (Å²) in [6, 6.07) is 0. The molecule has 0 aromatic heterocycles. The molecular formula is C17H32O6Si. The van der Waals surface area contributed by atoms with E-state index in [1.165, 1.54) is 6.92 Å². The molecule has 0 N–H and O–H groups in total. The van der Waals surface area contributed by atoms with Crippen LogP contribution in [0.3, 0.4) is 0 Å². The van der Waals surface area contributed by atoms with Crippen LogP contribution in [0.25, 0.3) is 0 Å². The molecule has 2 aliphatic heterocycles. The van der Waals surface area contributed by atoms with E-state index >= 15 is 0 Å². The monoisotopic (exact) mass is 360 g/mol. The largest absolute Gasteiger partial charge is 0.431 e. The predicted octanol–water partition coefficient (Wildman–Crippen LogP) is 3.21. The average molecular weight is 361 g/mol. The summed E-state index contributed by atoms with van der Waals surface area (Å²) < 4.78 is 29.7. The van der Waals surface area contributed by atoms with Crippen LogP contribution < -0.4 is 0 Å². The minimum atomic E-state index is -1.91. The molecule has 0 bridgehead atoms. The van der Waals surface area contributed by atoms with Crippen LogP contribution >= 0.6 is 0 Å². The zero-order valence-corrected chi connectivity index (χ0v) is 17.4. The van der Waals surface area contributed by atoms with Gasteiger partial charge in [-0.25, -0.2) is 0 Å². The van der Waals surface area contributed by atoms with Gasteiger partial charge < -0.3 is 23.4 Å². The number of hydrogen-bond donors (Lipinski definition) is 0. The molecule has 6 nitrogen and oxygen atoms in total. The lowest BCUT2D eigenvalue weighted by molar-refractivity contribution is -0.276. The number of hydrogen-bond acceptors (Lipinski definition) is 6. The Balaban J connectivity index is 2.15. The second-order valence-electron chi connectivity index (χ2n) is 8.86. The number of ether oxygens (including phenoxy) is 4. The fourth-order valence-electron chi connectivity index (χ4n) is 2.90. The third-order valence-electron chi connectivity index (χ3n) is 5.16. The number of esters is 1. The van der Waals surface area contributed by atoms with Gasteiger partial charge in [0.15, 0.2) is 20.2 Å². The molecule has 24 heavy (non-hydrogen) atoms. The summed E-state index contributed by atoms with van der Waals surface area (Å²) in [5, 5.41) is 0.108. The van der Waals surface area contributed by atoms with Crippen molar-refractivity contribution in [2.45, 2.75) is 96.5 Å². The molecule has 2 rings (SSSR count). The van der Waals surface area contributed by atoms with Gasteiger partial charge in [0.25, 0.3) is 0 Å². The van der Waals surface area contributed by atoms with E-state index in [0.717, 1.165) is 0 Å². The predicted molar refractivity (Wildman–Crippen MR) is 92.0 cm³/mol. The van der Waals surface area contributed by atoms with Crippen molar-refractivity contribution in [2.75, 3.05) is 6.61 Å². The third kappa shape index (κ3) is 3.85. The highest BCUT2D eigenvalue weighted by molar-refractivity contribution is 6.74. The van der Waals surface area contributed by atoms with Gasteiger partial charge in [0.1, 0.15) is 12.2 Å². The molecule has 1 unspecified atom stereocenters. The van der Waals surface area contributed by atoms with Gasteiger partial charge in [-0.2, -0.15) is 0 Å². The first-order chi connectivity index (χ1) is 10.7. The van der Waals surface area contributed by atoms with Crippen LogP contribution in [-0.2, 0) is 28.2 Å². The minimum Gasteiger partial charge on any atom is -0.431 e. The Bertz CT molecular complexity index is 498. The zero-order valence-electron chi connectivity index (χ0n) is 16.4. The quantitative estimate of drug-likeness (QED) is 0.567.